The largest absolute Gasteiger partial charge is 0.504 e. The Morgan fingerprint density at radius 1 is 1.27 bits per heavy atom. The molecule has 1 saturated heterocycles. The molecule has 0 amide bonds. The topological polar surface area (TPSA) is 62.2 Å². The number of hydrogen-bond donors (Lipinski definition) is 2. The van der Waals surface area contributed by atoms with Crippen molar-refractivity contribution in [3.05, 3.63) is 23.3 Å². The summed E-state index contributed by atoms with van der Waals surface area (Å²) in [5.74, 6) is 1.61. The predicted molar refractivity (Wildman–Crippen MR) is 95.6 cm³/mol. The lowest BCUT2D eigenvalue weighted by Crippen LogP contribution is -2.77. The number of rotatable bonds is 3. The minimum absolute atomic E-state index is 0.0383. The van der Waals surface area contributed by atoms with E-state index in [-0.39, 0.29) is 24.0 Å². The normalized spacial score (nSPS) is 43.1. The van der Waals surface area contributed by atoms with Gasteiger partial charge < -0.3 is 19.7 Å². The zero-order chi connectivity index (χ0) is 17.7. The maximum atomic E-state index is 12.2. The molecule has 0 radical (unpaired) electrons. The second-order valence-electron chi connectivity index (χ2n) is 9.10. The van der Waals surface area contributed by atoms with Crippen molar-refractivity contribution in [1.29, 1.82) is 0 Å². The third-order valence-corrected chi connectivity index (χ3v) is 8.01. The first kappa shape index (κ1) is 15.7. The van der Waals surface area contributed by atoms with E-state index in [9.17, 15) is 10.2 Å². The second-order valence-corrected chi connectivity index (χ2v) is 9.10. The molecule has 2 saturated carbocycles. The standard InChI is InChI=1S/C21H27NO4/c1-25-15-6-7-21(24)16-10-13-4-5-14(23)18-17(13)20(21,19(15)26-18)8-9-22(16)11-12-2-3-12/h4-5,12,15-16,19,23-24H,2-3,6-11H2,1H3/t15?,16?,19-,20-,21+/m0/s1. The molecule has 5 nitrogen and oxygen atoms in total. The number of piperidine rings is 1. The predicted octanol–water partition coefficient (Wildman–Crippen LogP) is 1.97. The lowest BCUT2D eigenvalue weighted by molar-refractivity contribution is -0.211. The number of phenolic OH excluding ortho intramolecular Hbond substituents is 1. The van der Waals surface area contributed by atoms with E-state index in [1.54, 1.807) is 13.2 Å². The molecule has 26 heavy (non-hydrogen) atoms. The number of ether oxygens (including phenoxy) is 2. The van der Waals surface area contributed by atoms with Crippen molar-refractivity contribution >= 4 is 0 Å². The van der Waals surface area contributed by atoms with Crippen LogP contribution in [0.3, 0.4) is 0 Å². The molecule has 2 aliphatic heterocycles. The van der Waals surface area contributed by atoms with Gasteiger partial charge in [0.25, 0.3) is 0 Å². The molecule has 5 heteroatoms. The molecular formula is C21H27NO4. The summed E-state index contributed by atoms with van der Waals surface area (Å²) in [6.45, 7) is 2.11. The van der Waals surface area contributed by atoms with Crippen molar-refractivity contribution in [2.24, 2.45) is 5.92 Å². The number of hydrogen-bond acceptors (Lipinski definition) is 5. The Morgan fingerprint density at radius 3 is 2.88 bits per heavy atom. The van der Waals surface area contributed by atoms with Crippen molar-refractivity contribution in [2.45, 2.75) is 67.8 Å². The van der Waals surface area contributed by atoms with Crippen LogP contribution in [0.5, 0.6) is 11.5 Å². The highest BCUT2D eigenvalue weighted by molar-refractivity contribution is 5.62. The quantitative estimate of drug-likeness (QED) is 0.866. The van der Waals surface area contributed by atoms with Gasteiger partial charge in [-0.1, -0.05) is 6.07 Å². The monoisotopic (exact) mass is 357 g/mol. The maximum Gasteiger partial charge on any atom is 0.165 e. The van der Waals surface area contributed by atoms with Gasteiger partial charge in [0.15, 0.2) is 11.5 Å². The Balaban J connectivity index is 1.55. The Kier molecular flexibility index (Phi) is 2.99. The molecule has 5 atom stereocenters. The molecule has 2 unspecified atom stereocenters. The van der Waals surface area contributed by atoms with Crippen molar-refractivity contribution in [1.82, 2.24) is 4.90 Å². The van der Waals surface area contributed by atoms with Crippen molar-refractivity contribution in [2.75, 3.05) is 20.2 Å². The molecule has 140 valence electrons. The number of phenols is 1. The first-order valence-corrected chi connectivity index (χ1v) is 10.1. The number of nitrogens with zero attached hydrogens (tertiary/aromatic N) is 1. The Hall–Kier alpha value is -1.30. The first-order valence-electron chi connectivity index (χ1n) is 10.1. The number of aliphatic hydroxyl groups is 1. The van der Waals surface area contributed by atoms with E-state index in [2.05, 4.69) is 4.90 Å². The Bertz CT molecular complexity index is 778. The van der Waals surface area contributed by atoms with Gasteiger partial charge in [0, 0.05) is 25.3 Å². The molecule has 3 aliphatic carbocycles. The van der Waals surface area contributed by atoms with Gasteiger partial charge in [-0.05, 0) is 62.6 Å². The highest BCUT2D eigenvalue weighted by atomic mass is 16.5. The summed E-state index contributed by atoms with van der Waals surface area (Å²) < 4.78 is 12.1. The first-order chi connectivity index (χ1) is 12.6. The highest BCUT2D eigenvalue weighted by Crippen LogP contribution is 2.65. The van der Waals surface area contributed by atoms with Crippen LogP contribution < -0.4 is 4.74 Å². The van der Waals surface area contributed by atoms with Gasteiger partial charge in [0.05, 0.1) is 17.1 Å². The number of benzene rings is 1. The van der Waals surface area contributed by atoms with Crippen LogP contribution in [0, 0.1) is 5.92 Å². The van der Waals surface area contributed by atoms with Crippen LogP contribution in [-0.4, -0.2) is 59.2 Å². The fraction of sp³-hybridized carbons (Fsp3) is 0.714. The molecule has 2 N–H and O–H groups in total. The number of likely N-dealkylation sites (tertiary alicyclic amines) is 1. The Morgan fingerprint density at radius 2 is 2.12 bits per heavy atom. The van der Waals surface area contributed by atoms with Gasteiger partial charge in [0.1, 0.15) is 6.10 Å². The second kappa shape index (κ2) is 4.94. The summed E-state index contributed by atoms with van der Waals surface area (Å²) in [5.41, 5.74) is 1.07. The van der Waals surface area contributed by atoms with Crippen molar-refractivity contribution in [3.63, 3.8) is 0 Å². The molecule has 1 spiro atoms. The van der Waals surface area contributed by atoms with E-state index in [4.69, 9.17) is 9.47 Å². The minimum Gasteiger partial charge on any atom is -0.504 e. The van der Waals surface area contributed by atoms with E-state index in [0.29, 0.717) is 5.75 Å². The van der Waals surface area contributed by atoms with Gasteiger partial charge in [-0.2, -0.15) is 0 Å². The van der Waals surface area contributed by atoms with E-state index < -0.39 is 11.0 Å². The molecule has 6 rings (SSSR count). The fourth-order valence-corrected chi connectivity index (χ4v) is 6.68. The highest BCUT2D eigenvalue weighted by Gasteiger charge is 2.73. The third kappa shape index (κ3) is 1.68. The van der Waals surface area contributed by atoms with E-state index in [1.807, 2.05) is 6.07 Å². The van der Waals surface area contributed by atoms with Crippen LogP contribution in [0.25, 0.3) is 0 Å². The van der Waals surface area contributed by atoms with Gasteiger partial charge in [0.2, 0.25) is 0 Å². The van der Waals surface area contributed by atoms with Crippen molar-refractivity contribution < 1.29 is 19.7 Å². The molecule has 1 aromatic rings. The van der Waals surface area contributed by atoms with Crippen LogP contribution in [-0.2, 0) is 16.6 Å². The van der Waals surface area contributed by atoms with Gasteiger partial charge >= 0.3 is 0 Å². The lowest BCUT2D eigenvalue weighted by atomic mass is 9.48. The van der Waals surface area contributed by atoms with Crippen LogP contribution in [0.15, 0.2) is 12.1 Å². The van der Waals surface area contributed by atoms with Gasteiger partial charge in [-0.3, -0.25) is 4.90 Å². The smallest absolute Gasteiger partial charge is 0.165 e. The fourth-order valence-electron chi connectivity index (χ4n) is 6.68. The SMILES string of the molecule is COC1CC[C@@]2(O)C3Cc4ccc(O)c5c4[C@@]2(CCN3CC2CC2)[C@H]1O5. The third-order valence-electron chi connectivity index (χ3n) is 8.01. The van der Waals surface area contributed by atoms with E-state index >= 15 is 0 Å². The summed E-state index contributed by atoms with van der Waals surface area (Å²) >= 11 is 0. The number of aromatic hydroxyl groups is 1. The summed E-state index contributed by atoms with van der Waals surface area (Å²) in [7, 11) is 1.74. The zero-order valence-electron chi connectivity index (χ0n) is 15.3. The zero-order valence-corrected chi connectivity index (χ0v) is 15.3. The molecule has 3 fully saturated rings. The summed E-state index contributed by atoms with van der Waals surface area (Å²) in [6.07, 6.45) is 5.69. The van der Waals surface area contributed by atoms with E-state index in [1.165, 1.54) is 18.4 Å². The molecule has 0 aromatic heterocycles. The average Bonchev–Trinajstić information content (AvgIpc) is 3.37. The molecule has 1 aromatic carbocycles. The Labute approximate surface area is 153 Å². The van der Waals surface area contributed by atoms with Gasteiger partial charge in [-0.25, -0.2) is 0 Å². The molecular weight excluding hydrogens is 330 g/mol. The molecule has 2 bridgehead atoms. The van der Waals surface area contributed by atoms with Crippen LogP contribution in [0.2, 0.25) is 0 Å². The van der Waals surface area contributed by atoms with Crippen LogP contribution in [0.1, 0.15) is 43.2 Å². The van der Waals surface area contributed by atoms with Crippen molar-refractivity contribution in [3.8, 4) is 11.5 Å². The van der Waals surface area contributed by atoms with Crippen LogP contribution in [0.4, 0.5) is 0 Å². The maximum absolute atomic E-state index is 12.2. The summed E-state index contributed by atoms with van der Waals surface area (Å²) in [6, 6.07) is 3.95. The van der Waals surface area contributed by atoms with E-state index in [0.717, 1.165) is 50.3 Å². The van der Waals surface area contributed by atoms with Gasteiger partial charge in [-0.15, -0.1) is 0 Å². The molecule has 2 heterocycles. The minimum atomic E-state index is -0.800. The summed E-state index contributed by atoms with van der Waals surface area (Å²) in [4.78, 5) is 2.56. The number of methoxy groups -OCH3 is 1. The average molecular weight is 357 g/mol. The summed E-state index contributed by atoms with van der Waals surface area (Å²) in [5, 5.41) is 22.6. The van der Waals surface area contributed by atoms with Crippen LogP contribution >= 0.6 is 0 Å². The molecule has 5 aliphatic rings. The lowest BCUT2D eigenvalue weighted by Gasteiger charge is -2.64.